The highest BCUT2D eigenvalue weighted by molar-refractivity contribution is 5.96. The molecule has 1 unspecified atom stereocenters. The highest BCUT2D eigenvalue weighted by Crippen LogP contribution is 2.41. The number of esters is 1. The highest BCUT2D eigenvalue weighted by Gasteiger charge is 2.40. The van der Waals surface area contributed by atoms with Crippen LogP contribution in [0.1, 0.15) is 77.0 Å². The summed E-state index contributed by atoms with van der Waals surface area (Å²) in [5.41, 5.74) is 9.93. The molecule has 3 N–H and O–H groups in total. The van der Waals surface area contributed by atoms with Crippen molar-refractivity contribution in [3.8, 4) is 28.1 Å². The predicted molar refractivity (Wildman–Crippen MR) is 238 cm³/mol. The molecule has 3 aliphatic rings. The van der Waals surface area contributed by atoms with Crippen LogP contribution >= 0.6 is 0 Å². The molecule has 6 bridgehead atoms. The molecule has 3 aliphatic heterocycles. The van der Waals surface area contributed by atoms with Crippen molar-refractivity contribution in [2.24, 2.45) is 11.3 Å². The molecule has 2 aromatic heterocycles. The topological polar surface area (TPSA) is 159 Å². The lowest BCUT2D eigenvalue weighted by atomic mass is 9.84. The molecule has 0 aliphatic carbocycles. The minimum absolute atomic E-state index is 0.0160. The number of benzene rings is 2. The third-order valence-electron chi connectivity index (χ3n) is 12.8. The van der Waals surface area contributed by atoms with Gasteiger partial charge < -0.3 is 29.4 Å². The number of methoxy groups -OCH3 is 1. The number of nitrogens with one attached hydrogen (secondary N) is 2. The van der Waals surface area contributed by atoms with Gasteiger partial charge in [-0.05, 0) is 117 Å². The van der Waals surface area contributed by atoms with Gasteiger partial charge in [0.2, 0.25) is 11.8 Å². The summed E-state index contributed by atoms with van der Waals surface area (Å²) in [6, 6.07) is 10.5. The van der Waals surface area contributed by atoms with Crippen molar-refractivity contribution in [2.45, 2.75) is 110 Å². The molecule has 14 heteroatoms. The van der Waals surface area contributed by atoms with Crippen molar-refractivity contribution in [3.63, 3.8) is 0 Å². The van der Waals surface area contributed by atoms with Crippen molar-refractivity contribution in [1.29, 1.82) is 0 Å². The smallest absolute Gasteiger partial charge is 0.324 e. The standard InChI is InChI=1S/C48H63N7O7/c1-9-54-40-15-14-31-24-35(40)36(43(54)37-26-49-17-16-32(37)27-61-8)25-48(4,5)28-62-47(60)38-12-10-19-55(51-38)45(58)39(22-30-20-33(31)23-34(56)21-30)50-44(57)42(29(2)3)53(7)46(59)41-13-11-18-52(41)6/h14-17,20-21,23-24,26,29,38-39,41-42,51,56H,9-13,18-19,22,25,27-28H2,1-8H3,(H,50,57)/t38-,39-,41?,42-/m0/s1. The molecule has 2 saturated heterocycles. The van der Waals surface area contributed by atoms with E-state index in [1.54, 1.807) is 32.5 Å². The lowest BCUT2D eigenvalue weighted by Crippen LogP contribution is -2.62. The minimum Gasteiger partial charge on any atom is -0.508 e. The number of carbonyl (C=O) groups excluding carboxylic acids is 4. The van der Waals surface area contributed by atoms with Gasteiger partial charge in [-0.2, -0.15) is 0 Å². The molecule has 0 radical (unpaired) electrons. The number of aromatic hydroxyl groups is 1. The number of rotatable bonds is 9. The van der Waals surface area contributed by atoms with Crippen LogP contribution < -0.4 is 10.7 Å². The van der Waals surface area contributed by atoms with Crippen molar-refractivity contribution >= 4 is 34.6 Å². The number of hydrogen-bond acceptors (Lipinski definition) is 10. The van der Waals surface area contributed by atoms with Gasteiger partial charge >= 0.3 is 5.97 Å². The Morgan fingerprint density at radius 1 is 1.08 bits per heavy atom. The number of ether oxygens (including phenoxy) is 2. The summed E-state index contributed by atoms with van der Waals surface area (Å²) >= 11 is 0. The first-order valence-electron chi connectivity index (χ1n) is 22.0. The highest BCUT2D eigenvalue weighted by atomic mass is 16.5. The predicted octanol–water partition coefficient (Wildman–Crippen LogP) is 5.47. The molecule has 2 aromatic carbocycles. The monoisotopic (exact) mass is 849 g/mol. The Hall–Kier alpha value is -5.31. The summed E-state index contributed by atoms with van der Waals surface area (Å²) in [6.07, 6.45) is 6.88. The molecular weight excluding hydrogens is 787 g/mol. The Kier molecular flexibility index (Phi) is 13.4. The molecule has 4 atom stereocenters. The summed E-state index contributed by atoms with van der Waals surface area (Å²) in [6.45, 7) is 12.4. The molecule has 3 amide bonds. The lowest BCUT2D eigenvalue weighted by molar-refractivity contribution is -0.155. The Labute approximate surface area is 364 Å². The van der Waals surface area contributed by atoms with Crippen LogP contribution in [0.25, 0.3) is 33.3 Å². The van der Waals surface area contributed by atoms with Gasteiger partial charge in [-0.15, -0.1) is 0 Å². The fourth-order valence-electron chi connectivity index (χ4n) is 9.71. The number of nitrogens with zero attached hydrogens (tertiary/aromatic N) is 5. The first-order valence-corrected chi connectivity index (χ1v) is 22.0. The van der Waals surface area contributed by atoms with E-state index in [9.17, 15) is 24.3 Å². The summed E-state index contributed by atoms with van der Waals surface area (Å²) < 4.78 is 14.0. The van der Waals surface area contributed by atoms with Crippen LogP contribution in [0.3, 0.4) is 0 Å². The number of likely N-dealkylation sites (tertiary alicyclic amines) is 1. The zero-order valence-electron chi connectivity index (χ0n) is 37.5. The van der Waals surface area contributed by atoms with E-state index < -0.39 is 41.3 Å². The van der Waals surface area contributed by atoms with Crippen LogP contribution in [-0.4, -0.2) is 118 Å². The summed E-state index contributed by atoms with van der Waals surface area (Å²) in [5, 5.41) is 16.7. The van der Waals surface area contributed by atoms with Gasteiger partial charge in [0.15, 0.2) is 0 Å². The zero-order chi connectivity index (χ0) is 44.5. The van der Waals surface area contributed by atoms with E-state index in [1.807, 2.05) is 50.2 Å². The molecule has 2 fully saturated rings. The number of phenols is 1. The third kappa shape index (κ3) is 9.23. The van der Waals surface area contributed by atoms with Crippen LogP contribution in [0.4, 0.5) is 0 Å². The number of hydrogen-bond donors (Lipinski definition) is 3. The lowest BCUT2D eigenvalue weighted by Gasteiger charge is -2.37. The van der Waals surface area contributed by atoms with Crippen LogP contribution in [0, 0.1) is 11.3 Å². The number of hydrazine groups is 1. The second kappa shape index (κ2) is 18.6. The molecule has 7 rings (SSSR count). The Balaban J connectivity index is 1.33. The van der Waals surface area contributed by atoms with E-state index in [4.69, 9.17) is 9.47 Å². The number of pyridine rings is 1. The van der Waals surface area contributed by atoms with E-state index in [2.05, 4.69) is 53.2 Å². The number of likely N-dealkylation sites (N-methyl/N-ethyl adjacent to an activating group) is 2. The van der Waals surface area contributed by atoms with Crippen molar-refractivity contribution in [1.82, 2.24) is 35.1 Å². The van der Waals surface area contributed by atoms with E-state index in [0.29, 0.717) is 50.9 Å². The number of aryl methyl sites for hydroxylation is 1. The van der Waals surface area contributed by atoms with Gasteiger partial charge in [0.05, 0.1) is 24.9 Å². The molecule has 4 aromatic rings. The Morgan fingerprint density at radius 2 is 1.85 bits per heavy atom. The number of amides is 3. The van der Waals surface area contributed by atoms with Crippen LogP contribution in [-0.2, 0) is 54.6 Å². The van der Waals surface area contributed by atoms with E-state index in [-0.39, 0.29) is 36.6 Å². The van der Waals surface area contributed by atoms with Crippen molar-refractivity contribution < 1.29 is 33.8 Å². The van der Waals surface area contributed by atoms with Gasteiger partial charge in [-0.1, -0.05) is 39.8 Å². The third-order valence-corrected chi connectivity index (χ3v) is 12.8. The first-order chi connectivity index (χ1) is 29.6. The van der Waals surface area contributed by atoms with Gasteiger partial charge in [0.1, 0.15) is 23.9 Å². The molecule has 0 saturated carbocycles. The quantitative estimate of drug-likeness (QED) is 0.185. The van der Waals surface area contributed by atoms with Gasteiger partial charge in [-0.3, -0.25) is 34.1 Å². The molecule has 14 nitrogen and oxygen atoms in total. The van der Waals surface area contributed by atoms with Crippen LogP contribution in [0.5, 0.6) is 5.75 Å². The minimum atomic E-state index is -1.10. The molecule has 5 heterocycles. The number of aromatic nitrogens is 2. The molecule has 332 valence electrons. The zero-order valence-corrected chi connectivity index (χ0v) is 37.5. The number of cyclic esters (lactones) is 1. The van der Waals surface area contributed by atoms with Crippen molar-refractivity contribution in [2.75, 3.05) is 40.9 Å². The average molecular weight is 850 g/mol. The summed E-state index contributed by atoms with van der Waals surface area (Å²) in [7, 11) is 5.26. The number of fused-ring (bicyclic) bond motifs is 6. The molecular formula is C48H63N7O7. The molecule has 62 heavy (non-hydrogen) atoms. The Bertz CT molecular complexity index is 2320. The van der Waals surface area contributed by atoms with Crippen LogP contribution in [0.2, 0.25) is 0 Å². The fraction of sp³-hybridized carbons (Fsp3) is 0.521. The van der Waals surface area contributed by atoms with Gasteiger partial charge in [0.25, 0.3) is 5.91 Å². The normalized spacial score (nSPS) is 21.4. The number of carbonyl (C=O) groups is 4. The maximum Gasteiger partial charge on any atom is 0.324 e. The molecule has 0 spiro atoms. The SMILES string of the molecule is CCn1c(-c2cnccc2COC)c2c3cc(ccc31)-c1cc(O)cc(c1)C[C@H](NC(=O)[C@H](C(C)C)N(C)C(=O)C1CCCN1C)C(=O)N1CCC[C@H](N1)C(=O)OCC(C)(C)C2. The summed E-state index contributed by atoms with van der Waals surface area (Å²) in [5.74, 6) is -1.73. The van der Waals surface area contributed by atoms with E-state index >= 15 is 0 Å². The first kappa shape index (κ1) is 44.7. The van der Waals surface area contributed by atoms with Crippen LogP contribution in [0.15, 0.2) is 54.9 Å². The fourth-order valence-corrected chi connectivity index (χ4v) is 9.71. The maximum atomic E-state index is 14.6. The van der Waals surface area contributed by atoms with Gasteiger partial charge in [0, 0.05) is 67.9 Å². The largest absolute Gasteiger partial charge is 0.508 e. The van der Waals surface area contributed by atoms with E-state index in [1.165, 1.54) is 9.91 Å². The maximum absolute atomic E-state index is 14.6. The second-order valence-corrected chi connectivity index (χ2v) is 18.5. The number of phenolic OH excluding ortho intramolecular Hbond substituents is 1. The summed E-state index contributed by atoms with van der Waals surface area (Å²) in [4.78, 5) is 64.8. The van der Waals surface area contributed by atoms with E-state index in [0.717, 1.165) is 57.4 Å². The van der Waals surface area contributed by atoms with Gasteiger partial charge in [-0.25, -0.2) is 5.43 Å². The Morgan fingerprint density at radius 3 is 2.56 bits per heavy atom. The average Bonchev–Trinajstić information content (AvgIpc) is 3.81. The van der Waals surface area contributed by atoms with Crippen molar-refractivity contribution in [3.05, 3.63) is 71.5 Å². The second-order valence-electron chi connectivity index (χ2n) is 18.5.